The summed E-state index contributed by atoms with van der Waals surface area (Å²) in [7, 11) is -6.57. The highest BCUT2D eigenvalue weighted by atomic mass is 35.5. The molecule has 0 saturated carbocycles. The fourth-order valence-corrected chi connectivity index (χ4v) is 3.77. The Bertz CT molecular complexity index is 806. The first-order valence-corrected chi connectivity index (χ1v) is 10.6. The van der Waals surface area contributed by atoms with Crippen LogP contribution in [0.5, 0.6) is 5.75 Å². The molecule has 1 N–H and O–H groups in total. The molecule has 0 aliphatic heterocycles. The van der Waals surface area contributed by atoms with Crippen LogP contribution in [0, 0.1) is 0 Å². The Balaban J connectivity index is 3.13. The van der Waals surface area contributed by atoms with Gasteiger partial charge in [0.1, 0.15) is 22.5 Å². The van der Waals surface area contributed by atoms with E-state index in [1.807, 2.05) is 0 Å². The molecule has 8 nitrogen and oxygen atoms in total. The number of benzene rings is 1. The predicted molar refractivity (Wildman–Crippen MR) is 88.5 cm³/mol. The van der Waals surface area contributed by atoms with Gasteiger partial charge >= 0.3 is 0 Å². The van der Waals surface area contributed by atoms with E-state index in [0.717, 1.165) is 12.3 Å². The molecule has 1 atom stereocenters. The monoisotopic (exact) mass is 399 g/mol. The van der Waals surface area contributed by atoms with Crippen LogP contribution in [0.15, 0.2) is 23.1 Å². The third-order valence-electron chi connectivity index (χ3n) is 2.57. The van der Waals surface area contributed by atoms with Gasteiger partial charge in [0.05, 0.1) is 6.61 Å². The number of methoxy groups -OCH3 is 1. The highest BCUT2D eigenvalue weighted by Gasteiger charge is 2.25. The van der Waals surface area contributed by atoms with Gasteiger partial charge in [-0.25, -0.2) is 21.6 Å². The van der Waals surface area contributed by atoms with Crippen molar-refractivity contribution in [2.75, 3.05) is 25.7 Å². The van der Waals surface area contributed by atoms with Gasteiger partial charge in [-0.05, 0) is 25.1 Å². The van der Waals surface area contributed by atoms with Crippen LogP contribution < -0.4 is 9.46 Å². The van der Waals surface area contributed by atoms with E-state index >= 15 is 0 Å². The number of ether oxygens (including phenoxy) is 2. The van der Waals surface area contributed by atoms with Crippen molar-refractivity contribution in [2.24, 2.45) is 0 Å². The molecule has 1 aromatic carbocycles. The second kappa shape index (κ2) is 8.15. The van der Waals surface area contributed by atoms with Crippen molar-refractivity contribution < 1.29 is 31.1 Å². The molecule has 0 aromatic heterocycles. The minimum atomic E-state index is -4.36. The standard InChI is InChI=1S/C13H18ClNO7S2/c1-9(7-21-2)22-11-5-4-10(14)6-12(11)24(19,20)15-13(16)8-23(3,17)18/h4-6,9H,7-8H2,1-3H3,(H,15,16). The number of carbonyl (C=O) groups is 1. The quantitative estimate of drug-likeness (QED) is 0.680. The molecule has 0 aliphatic rings. The summed E-state index contributed by atoms with van der Waals surface area (Å²) in [5, 5.41) is 0.109. The fraction of sp³-hybridized carbons (Fsp3) is 0.462. The van der Waals surface area contributed by atoms with Gasteiger partial charge in [-0.3, -0.25) is 4.79 Å². The van der Waals surface area contributed by atoms with E-state index in [4.69, 9.17) is 21.1 Å². The Morgan fingerprint density at radius 2 is 1.92 bits per heavy atom. The van der Waals surface area contributed by atoms with E-state index in [1.165, 1.54) is 19.2 Å². The zero-order valence-corrected chi connectivity index (χ0v) is 15.7. The molecule has 0 saturated heterocycles. The normalized spacial score (nSPS) is 13.3. The SMILES string of the molecule is COCC(C)Oc1ccc(Cl)cc1S(=O)(=O)NC(=O)CS(C)(=O)=O. The van der Waals surface area contributed by atoms with Crippen LogP contribution in [0.4, 0.5) is 0 Å². The van der Waals surface area contributed by atoms with Crippen LogP contribution in [0.2, 0.25) is 5.02 Å². The van der Waals surface area contributed by atoms with E-state index in [1.54, 1.807) is 11.6 Å². The van der Waals surface area contributed by atoms with E-state index in [0.29, 0.717) is 0 Å². The molecule has 136 valence electrons. The molecule has 1 unspecified atom stereocenters. The maximum Gasteiger partial charge on any atom is 0.267 e. The zero-order valence-electron chi connectivity index (χ0n) is 13.3. The maximum absolute atomic E-state index is 12.3. The smallest absolute Gasteiger partial charge is 0.267 e. The fourth-order valence-electron chi connectivity index (χ4n) is 1.75. The van der Waals surface area contributed by atoms with Crippen molar-refractivity contribution >= 4 is 37.4 Å². The molecule has 0 aliphatic carbocycles. The predicted octanol–water partition coefficient (Wildman–Crippen LogP) is 0.603. The van der Waals surface area contributed by atoms with Gasteiger partial charge in [-0.2, -0.15) is 0 Å². The van der Waals surface area contributed by atoms with Gasteiger partial charge < -0.3 is 9.47 Å². The summed E-state index contributed by atoms with van der Waals surface area (Å²) in [6, 6.07) is 3.87. The zero-order chi connectivity index (χ0) is 18.5. The van der Waals surface area contributed by atoms with Crippen LogP contribution in [0.3, 0.4) is 0 Å². The molecule has 11 heteroatoms. The summed E-state index contributed by atoms with van der Waals surface area (Å²) < 4.78 is 58.9. The number of hydrogen-bond acceptors (Lipinski definition) is 7. The van der Waals surface area contributed by atoms with Gasteiger partial charge in [-0.1, -0.05) is 11.6 Å². The highest BCUT2D eigenvalue weighted by Crippen LogP contribution is 2.28. The molecular formula is C13H18ClNO7S2. The molecule has 0 heterocycles. The maximum atomic E-state index is 12.3. The van der Waals surface area contributed by atoms with Crippen LogP contribution >= 0.6 is 11.6 Å². The Morgan fingerprint density at radius 3 is 2.46 bits per heavy atom. The van der Waals surface area contributed by atoms with E-state index in [2.05, 4.69) is 0 Å². The highest BCUT2D eigenvalue weighted by molar-refractivity contribution is 7.92. The summed E-state index contributed by atoms with van der Waals surface area (Å²) in [5.74, 6) is -2.17. The number of rotatable bonds is 8. The third-order valence-corrected chi connectivity index (χ3v) is 4.98. The number of halogens is 1. The number of hydrogen-bond donors (Lipinski definition) is 1. The summed E-state index contributed by atoms with van der Waals surface area (Å²) >= 11 is 5.81. The molecule has 1 rings (SSSR count). The van der Waals surface area contributed by atoms with Crippen LogP contribution in [-0.4, -0.2) is 54.6 Å². The number of carbonyl (C=O) groups excluding carboxylic acids is 1. The summed E-state index contributed by atoms with van der Waals surface area (Å²) in [4.78, 5) is 11.2. The molecule has 1 amide bonds. The van der Waals surface area contributed by atoms with Crippen molar-refractivity contribution in [1.82, 2.24) is 4.72 Å². The largest absolute Gasteiger partial charge is 0.487 e. The van der Waals surface area contributed by atoms with E-state index in [9.17, 15) is 21.6 Å². The van der Waals surface area contributed by atoms with Gasteiger partial charge in [-0.15, -0.1) is 0 Å². The minimum absolute atomic E-state index is 0.0383. The average molecular weight is 400 g/mol. The first-order chi connectivity index (χ1) is 10.9. The lowest BCUT2D eigenvalue weighted by molar-refractivity contribution is -0.116. The molecular weight excluding hydrogens is 382 g/mol. The Hall–Kier alpha value is -1.36. The number of nitrogens with one attached hydrogen (secondary N) is 1. The van der Waals surface area contributed by atoms with Crippen LogP contribution in [0.1, 0.15) is 6.92 Å². The second-order valence-electron chi connectivity index (χ2n) is 5.07. The lowest BCUT2D eigenvalue weighted by atomic mass is 10.3. The van der Waals surface area contributed by atoms with Gasteiger partial charge in [0, 0.05) is 18.4 Å². The molecule has 0 spiro atoms. The Labute approximate surface area is 146 Å². The topological polar surface area (TPSA) is 116 Å². The lowest BCUT2D eigenvalue weighted by Crippen LogP contribution is -2.35. The van der Waals surface area contributed by atoms with Crippen molar-refractivity contribution in [3.8, 4) is 5.75 Å². The third kappa shape index (κ3) is 6.63. The minimum Gasteiger partial charge on any atom is -0.487 e. The van der Waals surface area contributed by atoms with Crippen molar-refractivity contribution in [2.45, 2.75) is 17.9 Å². The van der Waals surface area contributed by atoms with Gasteiger partial charge in [0.25, 0.3) is 10.0 Å². The van der Waals surface area contributed by atoms with Gasteiger partial charge in [0.2, 0.25) is 5.91 Å². The lowest BCUT2D eigenvalue weighted by Gasteiger charge is -2.17. The Kier molecular flexibility index (Phi) is 7.02. The van der Waals surface area contributed by atoms with E-state index < -0.39 is 37.6 Å². The number of sulfonamides is 1. The molecule has 24 heavy (non-hydrogen) atoms. The first kappa shape index (κ1) is 20.7. The molecule has 0 fully saturated rings. The Morgan fingerprint density at radius 1 is 1.29 bits per heavy atom. The molecule has 0 radical (unpaired) electrons. The van der Waals surface area contributed by atoms with Gasteiger partial charge in [0.15, 0.2) is 9.84 Å². The van der Waals surface area contributed by atoms with E-state index in [-0.39, 0.29) is 22.3 Å². The van der Waals surface area contributed by atoms with Crippen molar-refractivity contribution in [3.63, 3.8) is 0 Å². The first-order valence-electron chi connectivity index (χ1n) is 6.63. The summed E-state index contributed by atoms with van der Waals surface area (Å²) in [6.45, 7) is 1.87. The van der Waals surface area contributed by atoms with Crippen LogP contribution in [-0.2, 0) is 29.4 Å². The van der Waals surface area contributed by atoms with Crippen molar-refractivity contribution in [1.29, 1.82) is 0 Å². The second-order valence-corrected chi connectivity index (χ2v) is 9.30. The van der Waals surface area contributed by atoms with Crippen LogP contribution in [0.25, 0.3) is 0 Å². The summed E-state index contributed by atoms with van der Waals surface area (Å²) in [6.07, 6.45) is 0.358. The van der Waals surface area contributed by atoms with Crippen molar-refractivity contribution in [3.05, 3.63) is 23.2 Å². The molecule has 1 aromatic rings. The average Bonchev–Trinajstić information content (AvgIpc) is 2.38. The molecule has 0 bridgehead atoms. The summed E-state index contributed by atoms with van der Waals surface area (Å²) in [5.41, 5.74) is 0. The number of amides is 1. The number of sulfone groups is 1.